The average molecular weight is 410 g/mol. The molecule has 0 saturated carbocycles. The molecule has 2 aromatic carbocycles. The molecule has 2 rings (SSSR count). The number of nitrogens with zero attached hydrogens (tertiary/aromatic N) is 1. The van der Waals surface area contributed by atoms with Gasteiger partial charge in [0, 0.05) is 19.5 Å². The molecule has 2 amide bonds. The molecule has 28 heavy (non-hydrogen) atoms. The third-order valence-corrected chi connectivity index (χ3v) is 4.50. The van der Waals surface area contributed by atoms with Crippen molar-refractivity contribution in [3.8, 4) is 0 Å². The first-order chi connectivity index (χ1) is 13.3. The lowest BCUT2D eigenvalue weighted by molar-refractivity contribution is -0.121. The number of rotatable bonds is 8. The summed E-state index contributed by atoms with van der Waals surface area (Å²) in [7, 11) is 3.74. The molecule has 0 spiro atoms. The fourth-order valence-electron chi connectivity index (χ4n) is 2.64. The first-order valence-corrected chi connectivity index (χ1v) is 9.07. The van der Waals surface area contributed by atoms with Crippen molar-refractivity contribution < 1.29 is 18.4 Å². The lowest BCUT2D eigenvalue weighted by Gasteiger charge is -2.25. The van der Waals surface area contributed by atoms with E-state index in [0.717, 1.165) is 17.7 Å². The van der Waals surface area contributed by atoms with Crippen LogP contribution in [0.2, 0.25) is 5.02 Å². The SMILES string of the molecule is CN(C)C(CNC(=O)CCNC(=O)c1ccc(F)cc1Cl)c1ccc(F)cc1. The van der Waals surface area contributed by atoms with E-state index in [9.17, 15) is 18.4 Å². The van der Waals surface area contributed by atoms with Gasteiger partial charge in [-0.1, -0.05) is 23.7 Å². The number of hydrogen-bond acceptors (Lipinski definition) is 3. The van der Waals surface area contributed by atoms with Crippen LogP contribution in [0, 0.1) is 11.6 Å². The number of halogens is 3. The van der Waals surface area contributed by atoms with Gasteiger partial charge in [0.25, 0.3) is 5.91 Å². The third-order valence-electron chi connectivity index (χ3n) is 4.18. The molecule has 1 unspecified atom stereocenters. The first-order valence-electron chi connectivity index (χ1n) is 8.69. The minimum Gasteiger partial charge on any atom is -0.354 e. The van der Waals surface area contributed by atoms with Crippen molar-refractivity contribution in [3.63, 3.8) is 0 Å². The number of benzene rings is 2. The van der Waals surface area contributed by atoms with Gasteiger partial charge in [0.15, 0.2) is 0 Å². The molecule has 150 valence electrons. The van der Waals surface area contributed by atoms with Crippen LogP contribution in [0.1, 0.15) is 28.4 Å². The maximum atomic E-state index is 13.1. The highest BCUT2D eigenvalue weighted by molar-refractivity contribution is 6.33. The smallest absolute Gasteiger partial charge is 0.252 e. The molecule has 0 heterocycles. The summed E-state index contributed by atoms with van der Waals surface area (Å²) in [5, 5.41) is 5.40. The lowest BCUT2D eigenvalue weighted by Crippen LogP contribution is -2.36. The van der Waals surface area contributed by atoms with Crippen molar-refractivity contribution in [3.05, 3.63) is 70.2 Å². The van der Waals surface area contributed by atoms with E-state index >= 15 is 0 Å². The minimum atomic E-state index is -0.530. The van der Waals surface area contributed by atoms with Gasteiger partial charge < -0.3 is 15.5 Å². The molecular weight excluding hydrogens is 388 g/mol. The van der Waals surface area contributed by atoms with Crippen LogP contribution >= 0.6 is 11.6 Å². The van der Waals surface area contributed by atoms with Crippen molar-refractivity contribution in [1.82, 2.24) is 15.5 Å². The lowest BCUT2D eigenvalue weighted by atomic mass is 10.1. The van der Waals surface area contributed by atoms with Crippen LogP contribution in [-0.2, 0) is 4.79 Å². The van der Waals surface area contributed by atoms with Crippen molar-refractivity contribution in [1.29, 1.82) is 0 Å². The minimum absolute atomic E-state index is 0.00933. The molecule has 8 heteroatoms. The van der Waals surface area contributed by atoms with Gasteiger partial charge in [-0.3, -0.25) is 9.59 Å². The van der Waals surface area contributed by atoms with E-state index < -0.39 is 11.7 Å². The predicted octanol–water partition coefficient (Wildman–Crippen LogP) is 3.16. The van der Waals surface area contributed by atoms with E-state index in [0.29, 0.717) is 6.54 Å². The van der Waals surface area contributed by atoms with Crippen molar-refractivity contribution in [2.45, 2.75) is 12.5 Å². The summed E-state index contributed by atoms with van der Waals surface area (Å²) in [5.41, 5.74) is 1.03. The molecule has 2 N–H and O–H groups in total. The zero-order valence-corrected chi connectivity index (χ0v) is 16.4. The van der Waals surface area contributed by atoms with E-state index in [1.165, 1.54) is 18.2 Å². The van der Waals surface area contributed by atoms with Crippen molar-refractivity contribution in [2.75, 3.05) is 27.2 Å². The van der Waals surface area contributed by atoms with Gasteiger partial charge in [-0.2, -0.15) is 0 Å². The van der Waals surface area contributed by atoms with Crippen molar-refractivity contribution >= 4 is 23.4 Å². The topological polar surface area (TPSA) is 61.4 Å². The van der Waals surface area contributed by atoms with Crippen LogP contribution in [0.5, 0.6) is 0 Å². The second-order valence-electron chi connectivity index (χ2n) is 6.47. The van der Waals surface area contributed by atoms with Crippen LogP contribution < -0.4 is 10.6 Å². The normalized spacial score (nSPS) is 11.9. The Morgan fingerprint density at radius 1 is 1.04 bits per heavy atom. The quantitative estimate of drug-likeness (QED) is 0.704. The Morgan fingerprint density at radius 3 is 2.29 bits per heavy atom. The standard InChI is InChI=1S/C20H22ClF2N3O2/c1-26(2)18(13-3-5-14(22)6-4-13)12-25-19(27)9-10-24-20(28)16-8-7-15(23)11-17(16)21/h3-8,11,18H,9-10,12H2,1-2H3,(H,24,28)(H,25,27). The number of hydrogen-bond donors (Lipinski definition) is 2. The van der Waals surface area contributed by atoms with Crippen LogP contribution in [0.25, 0.3) is 0 Å². The van der Waals surface area contributed by atoms with E-state index in [1.807, 2.05) is 19.0 Å². The van der Waals surface area contributed by atoms with E-state index in [-0.39, 0.29) is 41.3 Å². The number of likely N-dealkylation sites (N-methyl/N-ethyl adjacent to an activating group) is 1. The van der Waals surface area contributed by atoms with E-state index in [1.54, 1.807) is 12.1 Å². The second-order valence-corrected chi connectivity index (χ2v) is 6.87. The van der Waals surface area contributed by atoms with E-state index in [4.69, 9.17) is 11.6 Å². The van der Waals surface area contributed by atoms with Crippen LogP contribution in [0.4, 0.5) is 8.78 Å². The van der Waals surface area contributed by atoms with E-state index in [2.05, 4.69) is 10.6 Å². The number of carbonyl (C=O) groups is 2. The highest BCUT2D eigenvalue weighted by Gasteiger charge is 2.16. The Bertz CT molecular complexity index is 829. The fourth-order valence-corrected chi connectivity index (χ4v) is 2.89. The van der Waals surface area contributed by atoms with Gasteiger partial charge in [0.2, 0.25) is 5.91 Å². The zero-order valence-electron chi connectivity index (χ0n) is 15.6. The molecular formula is C20H22ClF2N3O2. The molecule has 0 fully saturated rings. The van der Waals surface area contributed by atoms with Gasteiger partial charge in [0.1, 0.15) is 11.6 Å². The zero-order chi connectivity index (χ0) is 20.7. The third kappa shape index (κ3) is 6.28. The summed E-state index contributed by atoms with van der Waals surface area (Å²) in [4.78, 5) is 26.0. The highest BCUT2D eigenvalue weighted by Crippen LogP contribution is 2.18. The molecule has 5 nitrogen and oxygen atoms in total. The summed E-state index contributed by atoms with van der Waals surface area (Å²) in [6.45, 7) is 0.455. The Morgan fingerprint density at radius 2 is 1.68 bits per heavy atom. The van der Waals surface area contributed by atoms with Crippen LogP contribution in [0.15, 0.2) is 42.5 Å². The maximum absolute atomic E-state index is 13.1. The summed E-state index contributed by atoms with van der Waals surface area (Å²) in [6.07, 6.45) is 0.0775. The fraction of sp³-hybridized carbons (Fsp3) is 0.300. The summed E-state index contributed by atoms with van der Waals surface area (Å²) >= 11 is 5.84. The Balaban J connectivity index is 1.81. The average Bonchev–Trinajstić information content (AvgIpc) is 2.63. The van der Waals surface area contributed by atoms with Gasteiger partial charge in [-0.25, -0.2) is 8.78 Å². The first kappa shape index (κ1) is 21.8. The molecule has 0 radical (unpaired) electrons. The van der Waals surface area contributed by atoms with Gasteiger partial charge in [-0.05, 0) is 50.0 Å². The molecule has 0 aliphatic rings. The molecule has 0 bridgehead atoms. The number of amides is 2. The van der Waals surface area contributed by atoms with Gasteiger partial charge >= 0.3 is 0 Å². The summed E-state index contributed by atoms with van der Waals surface area (Å²) < 4.78 is 26.1. The van der Waals surface area contributed by atoms with Gasteiger partial charge in [-0.15, -0.1) is 0 Å². The van der Waals surface area contributed by atoms with Crippen molar-refractivity contribution in [2.24, 2.45) is 0 Å². The summed E-state index contributed by atoms with van der Waals surface area (Å²) in [6, 6.07) is 9.49. The second kappa shape index (κ2) is 10.1. The van der Waals surface area contributed by atoms with Crippen LogP contribution in [-0.4, -0.2) is 43.9 Å². The monoisotopic (exact) mass is 409 g/mol. The largest absolute Gasteiger partial charge is 0.354 e. The summed E-state index contributed by atoms with van der Waals surface area (Å²) in [5.74, 6) is -1.56. The number of carbonyl (C=O) groups excluding carboxylic acids is 2. The molecule has 0 saturated heterocycles. The highest BCUT2D eigenvalue weighted by atomic mass is 35.5. The molecule has 0 aliphatic heterocycles. The predicted molar refractivity (Wildman–Crippen MR) is 104 cm³/mol. The molecule has 2 aromatic rings. The maximum Gasteiger partial charge on any atom is 0.252 e. The molecule has 0 aromatic heterocycles. The Labute approximate surface area is 167 Å². The number of nitrogens with one attached hydrogen (secondary N) is 2. The van der Waals surface area contributed by atoms with Gasteiger partial charge in [0.05, 0.1) is 16.6 Å². The molecule has 0 aliphatic carbocycles. The van der Waals surface area contributed by atoms with Crippen LogP contribution in [0.3, 0.4) is 0 Å². The Kier molecular flexibility index (Phi) is 7.90. The Hall–Kier alpha value is -2.51. The molecule has 1 atom stereocenters.